The van der Waals surface area contributed by atoms with Gasteiger partial charge in [0.25, 0.3) is 0 Å². The van der Waals surface area contributed by atoms with E-state index in [0.29, 0.717) is 18.7 Å². The molecule has 0 unspecified atom stereocenters. The molecule has 2 aromatic heterocycles. The summed E-state index contributed by atoms with van der Waals surface area (Å²) < 4.78 is 6.93. The second-order valence-electron chi connectivity index (χ2n) is 5.12. The second-order valence-corrected chi connectivity index (χ2v) is 5.12. The van der Waals surface area contributed by atoms with Crippen molar-refractivity contribution in [1.82, 2.24) is 20.2 Å². The molecule has 0 aliphatic rings. The van der Waals surface area contributed by atoms with Gasteiger partial charge >= 0.3 is 0 Å². The van der Waals surface area contributed by atoms with E-state index in [1.54, 1.807) is 4.68 Å². The number of aromatic nitrogens is 4. The van der Waals surface area contributed by atoms with Crippen molar-refractivity contribution in [3.63, 3.8) is 0 Å². The van der Waals surface area contributed by atoms with Crippen LogP contribution in [-0.2, 0) is 13.0 Å². The van der Waals surface area contributed by atoms with E-state index < -0.39 is 0 Å². The number of hydrogen-bond acceptors (Lipinski definition) is 5. The maximum Gasteiger partial charge on any atom is 0.186 e. The van der Waals surface area contributed by atoms with E-state index >= 15 is 0 Å². The van der Waals surface area contributed by atoms with E-state index in [4.69, 9.17) is 4.52 Å². The van der Waals surface area contributed by atoms with Crippen LogP contribution in [0.15, 0.2) is 34.9 Å². The van der Waals surface area contributed by atoms with Gasteiger partial charge in [-0.2, -0.15) is 5.26 Å². The minimum Gasteiger partial charge on any atom is -0.361 e. The molecule has 6 heteroatoms. The van der Waals surface area contributed by atoms with Crippen LogP contribution in [0.5, 0.6) is 0 Å². The van der Waals surface area contributed by atoms with Crippen LogP contribution in [-0.4, -0.2) is 20.2 Å². The molecule has 0 radical (unpaired) electrons. The smallest absolute Gasteiger partial charge is 0.186 e. The first-order valence-electron chi connectivity index (χ1n) is 6.97. The van der Waals surface area contributed by atoms with Gasteiger partial charge in [0.1, 0.15) is 11.8 Å². The number of benzene rings is 1. The second kappa shape index (κ2) is 5.82. The lowest BCUT2D eigenvalue weighted by Crippen LogP contribution is -2.09. The zero-order valence-electron chi connectivity index (χ0n) is 12.4. The van der Waals surface area contributed by atoms with Gasteiger partial charge < -0.3 is 4.52 Å². The van der Waals surface area contributed by atoms with Crippen molar-refractivity contribution in [2.75, 3.05) is 0 Å². The molecule has 0 atom stereocenters. The Balaban J connectivity index is 1.96. The number of aryl methyl sites for hydroxylation is 2. The standard InChI is InChI=1S/C16H15N5O/c1-11-14(12(2)22-19-11)10-21-16(15(9-17)18-20-21)8-13-6-4-3-5-7-13/h3-7H,8,10H2,1-2H3. The minimum absolute atomic E-state index is 0.357. The van der Waals surface area contributed by atoms with Crippen LogP contribution < -0.4 is 0 Å². The topological polar surface area (TPSA) is 80.5 Å². The van der Waals surface area contributed by atoms with Gasteiger partial charge in [0.15, 0.2) is 5.69 Å². The molecule has 0 N–H and O–H groups in total. The summed E-state index contributed by atoms with van der Waals surface area (Å²) in [6.45, 7) is 4.26. The minimum atomic E-state index is 0.357. The molecule has 0 bridgehead atoms. The van der Waals surface area contributed by atoms with E-state index in [2.05, 4.69) is 21.5 Å². The van der Waals surface area contributed by atoms with E-state index in [1.165, 1.54) is 0 Å². The van der Waals surface area contributed by atoms with Crippen molar-refractivity contribution >= 4 is 0 Å². The molecule has 3 rings (SSSR count). The highest BCUT2D eigenvalue weighted by Crippen LogP contribution is 2.17. The molecule has 0 aliphatic carbocycles. The third-order valence-electron chi connectivity index (χ3n) is 3.65. The number of rotatable bonds is 4. The Bertz CT molecular complexity index is 807. The molecule has 0 amide bonds. The van der Waals surface area contributed by atoms with Crippen molar-refractivity contribution < 1.29 is 4.52 Å². The molecule has 0 saturated heterocycles. The van der Waals surface area contributed by atoms with Gasteiger partial charge in [-0.05, 0) is 19.4 Å². The maximum absolute atomic E-state index is 9.25. The molecule has 1 aromatic carbocycles. The third-order valence-corrected chi connectivity index (χ3v) is 3.65. The van der Waals surface area contributed by atoms with E-state index in [0.717, 1.165) is 28.3 Å². The first-order valence-corrected chi connectivity index (χ1v) is 6.97. The number of hydrogen-bond donors (Lipinski definition) is 0. The molecular weight excluding hydrogens is 278 g/mol. The van der Waals surface area contributed by atoms with Gasteiger partial charge in [-0.15, -0.1) is 5.10 Å². The number of nitriles is 1. The van der Waals surface area contributed by atoms with Crippen LogP contribution in [0.25, 0.3) is 0 Å². The summed E-state index contributed by atoms with van der Waals surface area (Å²) in [7, 11) is 0. The highest BCUT2D eigenvalue weighted by Gasteiger charge is 2.17. The highest BCUT2D eigenvalue weighted by atomic mass is 16.5. The van der Waals surface area contributed by atoms with E-state index in [9.17, 15) is 5.26 Å². The zero-order valence-corrected chi connectivity index (χ0v) is 12.4. The maximum atomic E-state index is 9.25. The molecule has 0 aliphatic heterocycles. The first-order chi connectivity index (χ1) is 10.7. The first kappa shape index (κ1) is 14.0. The molecule has 2 heterocycles. The van der Waals surface area contributed by atoms with Gasteiger partial charge in [-0.3, -0.25) is 0 Å². The lowest BCUT2D eigenvalue weighted by Gasteiger charge is -2.06. The molecule has 6 nitrogen and oxygen atoms in total. The van der Waals surface area contributed by atoms with Crippen LogP contribution in [0, 0.1) is 25.2 Å². The SMILES string of the molecule is Cc1noc(C)c1Cn1nnc(C#N)c1Cc1ccccc1. The Labute approximate surface area is 128 Å². The van der Waals surface area contributed by atoms with Gasteiger partial charge in [0, 0.05) is 12.0 Å². The normalized spacial score (nSPS) is 10.6. The molecule has 3 aromatic rings. The Kier molecular flexibility index (Phi) is 3.71. The van der Waals surface area contributed by atoms with Crippen LogP contribution in [0.2, 0.25) is 0 Å². The van der Waals surface area contributed by atoms with Crippen molar-refractivity contribution in [2.45, 2.75) is 26.8 Å². The quantitative estimate of drug-likeness (QED) is 0.737. The van der Waals surface area contributed by atoms with Gasteiger partial charge in [0.2, 0.25) is 0 Å². The molecular formula is C16H15N5O. The van der Waals surface area contributed by atoms with Gasteiger partial charge in [-0.25, -0.2) is 4.68 Å². The fraction of sp³-hybridized carbons (Fsp3) is 0.250. The van der Waals surface area contributed by atoms with E-state index in [-0.39, 0.29) is 0 Å². The molecule has 0 fully saturated rings. The van der Waals surface area contributed by atoms with E-state index in [1.807, 2.05) is 44.2 Å². The van der Waals surface area contributed by atoms with Crippen LogP contribution >= 0.6 is 0 Å². The molecule has 110 valence electrons. The predicted molar refractivity (Wildman–Crippen MR) is 79.1 cm³/mol. The fourth-order valence-electron chi connectivity index (χ4n) is 2.39. The lowest BCUT2D eigenvalue weighted by atomic mass is 10.1. The monoisotopic (exact) mass is 293 g/mol. The van der Waals surface area contributed by atoms with Crippen LogP contribution in [0.3, 0.4) is 0 Å². The summed E-state index contributed by atoms with van der Waals surface area (Å²) in [4.78, 5) is 0. The summed E-state index contributed by atoms with van der Waals surface area (Å²) in [6, 6.07) is 12.1. The Morgan fingerprint density at radius 2 is 2.00 bits per heavy atom. The largest absolute Gasteiger partial charge is 0.361 e. The van der Waals surface area contributed by atoms with Crippen molar-refractivity contribution in [2.24, 2.45) is 0 Å². The van der Waals surface area contributed by atoms with Crippen molar-refractivity contribution in [1.29, 1.82) is 5.26 Å². The van der Waals surface area contributed by atoms with Gasteiger partial charge in [-0.1, -0.05) is 40.7 Å². The summed E-state index contributed by atoms with van der Waals surface area (Å²) in [5, 5.41) is 21.3. The van der Waals surface area contributed by atoms with Crippen molar-refractivity contribution in [3.05, 3.63) is 64.3 Å². The van der Waals surface area contributed by atoms with Gasteiger partial charge in [0.05, 0.1) is 17.9 Å². The summed E-state index contributed by atoms with van der Waals surface area (Å²) >= 11 is 0. The summed E-state index contributed by atoms with van der Waals surface area (Å²) in [5.74, 6) is 0.761. The molecule has 0 saturated carbocycles. The molecule has 0 spiro atoms. The Morgan fingerprint density at radius 3 is 2.64 bits per heavy atom. The predicted octanol–water partition coefficient (Wildman–Crippen LogP) is 2.39. The third kappa shape index (κ3) is 2.61. The zero-order chi connectivity index (χ0) is 15.5. The summed E-state index contributed by atoms with van der Waals surface area (Å²) in [5.41, 5.74) is 4.08. The fourth-order valence-corrected chi connectivity index (χ4v) is 2.39. The van der Waals surface area contributed by atoms with Crippen molar-refractivity contribution in [3.8, 4) is 6.07 Å². The average Bonchev–Trinajstić information content (AvgIpc) is 3.06. The number of nitrogens with zero attached hydrogens (tertiary/aromatic N) is 5. The Hall–Kier alpha value is -2.94. The van der Waals surface area contributed by atoms with Crippen LogP contribution in [0.4, 0.5) is 0 Å². The van der Waals surface area contributed by atoms with Crippen LogP contribution in [0.1, 0.15) is 34.0 Å². The average molecular weight is 293 g/mol. The summed E-state index contributed by atoms with van der Waals surface area (Å²) in [6.07, 6.45) is 0.611. The molecule has 22 heavy (non-hydrogen) atoms. The lowest BCUT2D eigenvalue weighted by molar-refractivity contribution is 0.391. The Morgan fingerprint density at radius 1 is 1.23 bits per heavy atom. The highest BCUT2D eigenvalue weighted by molar-refractivity contribution is 5.31.